The monoisotopic (exact) mass is 554 g/mol. The highest BCUT2D eigenvalue weighted by molar-refractivity contribution is 14.0. The fraction of sp³-hybridized carbons (Fsp3) is 0.609. The normalized spacial score (nSPS) is 21.3. The van der Waals surface area contributed by atoms with E-state index in [2.05, 4.69) is 27.8 Å². The number of benzene rings is 1. The number of nitrogens with zero attached hydrogens (tertiary/aromatic N) is 4. The molecule has 0 aliphatic heterocycles. The lowest BCUT2D eigenvalue weighted by molar-refractivity contribution is -0.168. The number of ether oxygens (including phenoxy) is 2. The molecule has 2 aromatic rings. The highest BCUT2D eigenvalue weighted by Crippen LogP contribution is 2.57. The number of aromatic nitrogens is 3. The highest BCUT2D eigenvalue weighted by Gasteiger charge is 2.59. The van der Waals surface area contributed by atoms with E-state index in [4.69, 9.17) is 14.5 Å². The molecule has 176 valence electrons. The molecule has 2 saturated carbocycles. The van der Waals surface area contributed by atoms with Gasteiger partial charge in [0.25, 0.3) is 0 Å². The van der Waals surface area contributed by atoms with Crippen molar-refractivity contribution < 1.29 is 9.47 Å². The van der Waals surface area contributed by atoms with Gasteiger partial charge in [0.15, 0.2) is 11.8 Å². The molecule has 32 heavy (non-hydrogen) atoms. The van der Waals surface area contributed by atoms with Crippen LogP contribution in [0.5, 0.6) is 5.75 Å². The second kappa shape index (κ2) is 10.8. The van der Waals surface area contributed by atoms with Gasteiger partial charge in [-0.1, -0.05) is 18.6 Å². The summed E-state index contributed by atoms with van der Waals surface area (Å²) in [5, 5.41) is 15.6. The van der Waals surface area contributed by atoms with Crippen LogP contribution in [0.1, 0.15) is 49.8 Å². The van der Waals surface area contributed by atoms with Crippen LogP contribution in [0.3, 0.4) is 0 Å². The maximum absolute atomic E-state index is 6.01. The van der Waals surface area contributed by atoms with Crippen LogP contribution in [-0.4, -0.2) is 46.6 Å². The van der Waals surface area contributed by atoms with Crippen LogP contribution in [0.2, 0.25) is 0 Å². The van der Waals surface area contributed by atoms with Gasteiger partial charge in [0, 0.05) is 25.1 Å². The molecule has 4 rings (SSSR count). The average molecular weight is 554 g/mol. The predicted octanol–water partition coefficient (Wildman–Crippen LogP) is 3.33. The lowest BCUT2D eigenvalue weighted by Crippen LogP contribution is -2.68. The Labute approximate surface area is 207 Å². The molecule has 0 amide bonds. The largest absolute Gasteiger partial charge is 0.497 e. The molecule has 2 aliphatic carbocycles. The number of rotatable bonds is 8. The lowest BCUT2D eigenvalue weighted by Gasteiger charge is -2.61. The van der Waals surface area contributed by atoms with Crippen molar-refractivity contribution in [3.8, 4) is 5.75 Å². The van der Waals surface area contributed by atoms with Crippen LogP contribution in [0.15, 0.2) is 29.3 Å². The number of nitrogens with one attached hydrogen (secondary N) is 2. The van der Waals surface area contributed by atoms with Crippen molar-refractivity contribution in [2.24, 2.45) is 17.5 Å². The first kappa shape index (κ1) is 24.8. The molecule has 2 fully saturated rings. The second-order valence-electron chi connectivity index (χ2n) is 8.55. The number of aryl methyl sites for hydroxylation is 1. The molecule has 9 heteroatoms. The molecule has 0 radical (unpaired) electrons. The molecule has 1 aromatic carbocycles. The summed E-state index contributed by atoms with van der Waals surface area (Å²) in [6.45, 7) is 5.97. The number of aliphatic imine (C=N–C) groups is 1. The number of halogens is 1. The Balaban J connectivity index is 0.00000289. The average Bonchev–Trinajstić information content (AvgIpc) is 3.05. The number of hydrogen-bond donors (Lipinski definition) is 2. The number of guanidine groups is 1. The first-order valence-electron chi connectivity index (χ1n) is 11.2. The summed E-state index contributed by atoms with van der Waals surface area (Å²) >= 11 is 0. The molecule has 2 unspecified atom stereocenters. The minimum atomic E-state index is 0. The van der Waals surface area contributed by atoms with Gasteiger partial charge in [-0.05, 0) is 50.8 Å². The SMILES string of the molecule is CCOC1CC(NC(=NCc2ccc(OC)cc2)NCc2nnc(C)n2C)C12CCC2.I. The molecule has 1 spiro atoms. The fourth-order valence-electron chi connectivity index (χ4n) is 4.63. The van der Waals surface area contributed by atoms with E-state index in [-0.39, 0.29) is 29.4 Å². The van der Waals surface area contributed by atoms with Gasteiger partial charge in [-0.25, -0.2) is 4.99 Å². The summed E-state index contributed by atoms with van der Waals surface area (Å²) in [4.78, 5) is 4.87. The molecule has 2 aliphatic rings. The van der Waals surface area contributed by atoms with Crippen LogP contribution in [0.4, 0.5) is 0 Å². The van der Waals surface area contributed by atoms with E-state index in [1.807, 2.05) is 42.8 Å². The lowest BCUT2D eigenvalue weighted by atomic mass is 9.51. The Morgan fingerprint density at radius 1 is 1.25 bits per heavy atom. The summed E-state index contributed by atoms with van der Waals surface area (Å²) in [5.74, 6) is 3.44. The van der Waals surface area contributed by atoms with Crippen LogP contribution in [0.25, 0.3) is 0 Å². The van der Waals surface area contributed by atoms with Crippen molar-refractivity contribution >= 4 is 29.9 Å². The third kappa shape index (κ3) is 5.03. The van der Waals surface area contributed by atoms with Gasteiger partial charge in [0.05, 0.1) is 26.3 Å². The molecule has 0 bridgehead atoms. The van der Waals surface area contributed by atoms with Crippen molar-refractivity contribution in [3.63, 3.8) is 0 Å². The van der Waals surface area contributed by atoms with E-state index in [1.165, 1.54) is 19.3 Å². The Hall–Kier alpha value is -1.88. The van der Waals surface area contributed by atoms with Crippen molar-refractivity contribution in [2.45, 2.75) is 64.8 Å². The molecule has 2 N–H and O–H groups in total. The van der Waals surface area contributed by atoms with Crippen molar-refractivity contribution in [1.82, 2.24) is 25.4 Å². The Morgan fingerprint density at radius 3 is 2.56 bits per heavy atom. The summed E-state index contributed by atoms with van der Waals surface area (Å²) in [5.41, 5.74) is 1.40. The molecule has 1 heterocycles. The van der Waals surface area contributed by atoms with E-state index in [0.29, 0.717) is 25.2 Å². The zero-order valence-electron chi connectivity index (χ0n) is 19.4. The van der Waals surface area contributed by atoms with Crippen LogP contribution >= 0.6 is 24.0 Å². The molecule has 2 atom stereocenters. The van der Waals surface area contributed by atoms with E-state index < -0.39 is 0 Å². The molecule has 0 saturated heterocycles. The molecular formula is C23H35IN6O2. The zero-order chi connectivity index (χ0) is 21.8. The quantitative estimate of drug-likeness (QED) is 0.296. The fourth-order valence-corrected chi connectivity index (χ4v) is 4.63. The Morgan fingerprint density at radius 2 is 2.00 bits per heavy atom. The maximum Gasteiger partial charge on any atom is 0.192 e. The van der Waals surface area contributed by atoms with E-state index in [9.17, 15) is 0 Å². The van der Waals surface area contributed by atoms with E-state index in [1.54, 1.807) is 7.11 Å². The van der Waals surface area contributed by atoms with Crippen LogP contribution in [0, 0.1) is 12.3 Å². The summed E-state index contributed by atoms with van der Waals surface area (Å²) < 4.78 is 13.3. The molecule has 8 nitrogen and oxygen atoms in total. The van der Waals surface area contributed by atoms with Gasteiger partial charge >= 0.3 is 0 Å². The highest BCUT2D eigenvalue weighted by atomic mass is 127. The first-order valence-corrected chi connectivity index (χ1v) is 11.2. The maximum atomic E-state index is 6.01. The molecular weight excluding hydrogens is 519 g/mol. The minimum Gasteiger partial charge on any atom is -0.497 e. The van der Waals surface area contributed by atoms with Crippen molar-refractivity contribution in [3.05, 3.63) is 41.5 Å². The van der Waals surface area contributed by atoms with Crippen molar-refractivity contribution in [2.75, 3.05) is 13.7 Å². The second-order valence-corrected chi connectivity index (χ2v) is 8.55. The topological polar surface area (TPSA) is 85.6 Å². The van der Waals surface area contributed by atoms with Crippen LogP contribution < -0.4 is 15.4 Å². The summed E-state index contributed by atoms with van der Waals surface area (Å²) in [7, 11) is 3.66. The first-order chi connectivity index (χ1) is 15.1. The Bertz CT molecular complexity index is 910. The van der Waals surface area contributed by atoms with Crippen LogP contribution in [-0.2, 0) is 24.9 Å². The third-order valence-corrected chi connectivity index (χ3v) is 6.92. The Kier molecular flexibility index (Phi) is 8.37. The predicted molar refractivity (Wildman–Crippen MR) is 135 cm³/mol. The minimum absolute atomic E-state index is 0. The van der Waals surface area contributed by atoms with E-state index >= 15 is 0 Å². The van der Waals surface area contributed by atoms with Gasteiger partial charge in [-0.15, -0.1) is 34.2 Å². The van der Waals surface area contributed by atoms with Gasteiger partial charge in [0.2, 0.25) is 0 Å². The summed E-state index contributed by atoms with van der Waals surface area (Å²) in [6, 6.07) is 8.42. The summed E-state index contributed by atoms with van der Waals surface area (Å²) in [6.07, 6.45) is 5.13. The molecule has 1 aromatic heterocycles. The zero-order valence-corrected chi connectivity index (χ0v) is 21.8. The van der Waals surface area contributed by atoms with Gasteiger partial charge in [0.1, 0.15) is 11.6 Å². The van der Waals surface area contributed by atoms with E-state index in [0.717, 1.165) is 41.9 Å². The number of hydrogen-bond acceptors (Lipinski definition) is 5. The third-order valence-electron chi connectivity index (χ3n) is 6.92. The van der Waals surface area contributed by atoms with Gasteiger partial charge in [-0.3, -0.25) is 0 Å². The van der Waals surface area contributed by atoms with Crippen molar-refractivity contribution in [1.29, 1.82) is 0 Å². The van der Waals surface area contributed by atoms with Gasteiger partial charge in [-0.2, -0.15) is 0 Å². The smallest absolute Gasteiger partial charge is 0.192 e. The number of methoxy groups -OCH3 is 1. The van der Waals surface area contributed by atoms with Gasteiger partial charge < -0.3 is 24.7 Å². The standard InChI is InChI=1S/C23H34N6O2.HI/c1-5-31-20-13-19(23(20)11-6-12-23)26-22(25-15-21-28-27-16(2)29(21)3)24-14-17-7-9-18(30-4)10-8-17;/h7-10,19-20H,5-6,11-15H2,1-4H3,(H2,24,25,26);1H.